The fraction of sp³-hybridized carbons (Fsp3) is 0.600. The maximum atomic E-state index is 12.3. The Bertz CT molecular complexity index is 536. The number of carbonyl (C=O) groups is 2. The number of hydrogen-bond donors (Lipinski definition) is 0. The van der Waals surface area contributed by atoms with E-state index in [1.54, 1.807) is 4.90 Å². The van der Waals surface area contributed by atoms with Crippen molar-refractivity contribution in [1.82, 2.24) is 4.90 Å². The smallest absolute Gasteiger partial charge is 0.410 e. The van der Waals surface area contributed by atoms with Gasteiger partial charge >= 0.3 is 6.09 Å². The van der Waals surface area contributed by atoms with Crippen LogP contribution in [0.5, 0.6) is 0 Å². The molecule has 1 heterocycles. The molecule has 1 aromatic rings. The van der Waals surface area contributed by atoms with Crippen LogP contribution >= 0.6 is 0 Å². The second kappa shape index (κ2) is 8.32. The van der Waals surface area contributed by atoms with Gasteiger partial charge < -0.3 is 14.4 Å². The second-order valence-electron chi connectivity index (χ2n) is 7.76. The summed E-state index contributed by atoms with van der Waals surface area (Å²) in [5, 5.41) is 0. The lowest BCUT2D eigenvalue weighted by Crippen LogP contribution is -2.42. The molecular weight excluding hydrogens is 302 g/mol. The average Bonchev–Trinajstić information content (AvgIpc) is 2.49. The van der Waals surface area contributed by atoms with E-state index >= 15 is 0 Å². The molecule has 1 aliphatic rings. The summed E-state index contributed by atoms with van der Waals surface area (Å²) in [7, 11) is 0. The lowest BCUT2D eigenvalue weighted by atomic mass is 9.85. The van der Waals surface area contributed by atoms with Crippen LogP contribution in [0.1, 0.15) is 45.6 Å². The van der Waals surface area contributed by atoms with Gasteiger partial charge in [-0.25, -0.2) is 4.79 Å². The van der Waals surface area contributed by atoms with Crippen LogP contribution in [0, 0.1) is 11.8 Å². The monoisotopic (exact) mass is 331 g/mol. The lowest BCUT2D eigenvalue weighted by Gasteiger charge is -2.32. The van der Waals surface area contributed by atoms with Crippen LogP contribution in [0.3, 0.4) is 0 Å². The van der Waals surface area contributed by atoms with E-state index in [9.17, 15) is 9.59 Å². The second-order valence-corrected chi connectivity index (χ2v) is 7.76. The third-order valence-corrected chi connectivity index (χ3v) is 4.34. The minimum Gasteiger partial charge on any atom is -0.444 e. The molecule has 0 aromatic heterocycles. The number of ether oxygens (including phenoxy) is 1. The summed E-state index contributed by atoms with van der Waals surface area (Å²) < 4.78 is 5.46. The standard InChI is InChI=1S/C20H29NO3/c1-20(2,3)24-19(23)21-11-7-10-17(13-18(14-21)15-22)12-16-8-5-4-6-9-16/h4-6,8-9,15,17-18H,7,10-14H2,1-3H3. The molecular formula is C20H29NO3. The van der Waals surface area contributed by atoms with Crippen molar-refractivity contribution in [2.75, 3.05) is 13.1 Å². The van der Waals surface area contributed by atoms with E-state index in [0.717, 1.165) is 32.0 Å². The summed E-state index contributed by atoms with van der Waals surface area (Å²) in [5.41, 5.74) is 0.808. The number of hydrogen-bond acceptors (Lipinski definition) is 3. The molecule has 0 radical (unpaired) electrons. The highest BCUT2D eigenvalue weighted by Crippen LogP contribution is 2.25. The Morgan fingerprint density at radius 2 is 2.00 bits per heavy atom. The Morgan fingerprint density at radius 3 is 2.62 bits per heavy atom. The zero-order valence-corrected chi connectivity index (χ0v) is 15.0. The van der Waals surface area contributed by atoms with Crippen molar-refractivity contribution in [3.8, 4) is 0 Å². The number of carbonyl (C=O) groups excluding carboxylic acids is 2. The van der Waals surface area contributed by atoms with Gasteiger partial charge in [-0.05, 0) is 57.9 Å². The normalized spacial score (nSPS) is 22.4. The summed E-state index contributed by atoms with van der Waals surface area (Å²) >= 11 is 0. The molecule has 0 saturated carbocycles. The average molecular weight is 331 g/mol. The molecule has 132 valence electrons. The van der Waals surface area contributed by atoms with E-state index in [2.05, 4.69) is 24.3 Å². The van der Waals surface area contributed by atoms with Crippen molar-refractivity contribution in [2.45, 2.75) is 52.1 Å². The van der Waals surface area contributed by atoms with Gasteiger partial charge in [0.1, 0.15) is 11.9 Å². The number of amides is 1. The minimum atomic E-state index is -0.508. The van der Waals surface area contributed by atoms with Gasteiger partial charge in [0.15, 0.2) is 0 Å². The van der Waals surface area contributed by atoms with Gasteiger partial charge in [-0.2, -0.15) is 0 Å². The highest BCUT2D eigenvalue weighted by atomic mass is 16.6. The number of aldehydes is 1. The highest BCUT2D eigenvalue weighted by molar-refractivity contribution is 5.69. The predicted molar refractivity (Wildman–Crippen MR) is 94.8 cm³/mol. The molecule has 4 heteroatoms. The Balaban J connectivity index is 1.97. The highest BCUT2D eigenvalue weighted by Gasteiger charge is 2.28. The van der Waals surface area contributed by atoms with Crippen LogP contribution in [0.15, 0.2) is 30.3 Å². The Labute approximate surface area is 145 Å². The van der Waals surface area contributed by atoms with E-state index in [0.29, 0.717) is 19.0 Å². The molecule has 0 aliphatic carbocycles. The third kappa shape index (κ3) is 5.99. The first kappa shape index (κ1) is 18.5. The number of rotatable bonds is 3. The largest absolute Gasteiger partial charge is 0.444 e. The summed E-state index contributed by atoms with van der Waals surface area (Å²) in [6.07, 6.45) is 4.49. The maximum absolute atomic E-state index is 12.3. The Hall–Kier alpha value is -1.84. The molecule has 0 bridgehead atoms. The molecule has 0 spiro atoms. The summed E-state index contributed by atoms with van der Waals surface area (Å²) in [5.74, 6) is 0.370. The topological polar surface area (TPSA) is 46.6 Å². The first-order chi connectivity index (χ1) is 11.4. The van der Waals surface area contributed by atoms with Crippen molar-refractivity contribution >= 4 is 12.4 Å². The first-order valence-electron chi connectivity index (χ1n) is 8.84. The van der Waals surface area contributed by atoms with Gasteiger partial charge in [-0.3, -0.25) is 0 Å². The molecule has 4 nitrogen and oxygen atoms in total. The molecule has 1 aromatic carbocycles. The van der Waals surface area contributed by atoms with Crippen molar-refractivity contribution in [1.29, 1.82) is 0 Å². The van der Waals surface area contributed by atoms with E-state index in [4.69, 9.17) is 4.74 Å². The van der Waals surface area contributed by atoms with Gasteiger partial charge in [0.2, 0.25) is 0 Å². The summed E-state index contributed by atoms with van der Waals surface area (Å²) in [6.45, 7) is 6.71. The van der Waals surface area contributed by atoms with Gasteiger partial charge in [0.25, 0.3) is 0 Å². The SMILES string of the molecule is CC(C)(C)OC(=O)N1CCCC(Cc2ccccc2)CC(C=O)C1. The van der Waals surface area contributed by atoms with Crippen LogP contribution in [0.4, 0.5) is 4.79 Å². The van der Waals surface area contributed by atoms with Gasteiger partial charge in [-0.1, -0.05) is 30.3 Å². The van der Waals surface area contributed by atoms with Crippen molar-refractivity contribution in [2.24, 2.45) is 11.8 Å². The minimum absolute atomic E-state index is 0.119. The molecule has 1 amide bonds. The quantitative estimate of drug-likeness (QED) is 0.784. The van der Waals surface area contributed by atoms with Crippen molar-refractivity contribution in [3.05, 3.63) is 35.9 Å². The van der Waals surface area contributed by atoms with Crippen LogP contribution in [-0.4, -0.2) is 36.0 Å². The maximum Gasteiger partial charge on any atom is 0.410 e. The number of nitrogens with zero attached hydrogens (tertiary/aromatic N) is 1. The fourth-order valence-electron chi connectivity index (χ4n) is 3.29. The van der Waals surface area contributed by atoms with Crippen LogP contribution < -0.4 is 0 Å². The Kier molecular flexibility index (Phi) is 6.41. The van der Waals surface area contributed by atoms with Gasteiger partial charge in [0, 0.05) is 19.0 Å². The third-order valence-electron chi connectivity index (χ3n) is 4.34. The van der Waals surface area contributed by atoms with E-state index < -0.39 is 5.60 Å². The molecule has 2 atom stereocenters. The molecule has 1 aliphatic heterocycles. The molecule has 24 heavy (non-hydrogen) atoms. The Morgan fingerprint density at radius 1 is 1.29 bits per heavy atom. The molecule has 1 saturated heterocycles. The fourth-order valence-corrected chi connectivity index (χ4v) is 3.29. The molecule has 2 rings (SSSR count). The van der Waals surface area contributed by atoms with Crippen molar-refractivity contribution < 1.29 is 14.3 Å². The summed E-state index contributed by atoms with van der Waals surface area (Å²) in [6, 6.07) is 10.4. The van der Waals surface area contributed by atoms with Crippen molar-refractivity contribution in [3.63, 3.8) is 0 Å². The molecule has 0 N–H and O–H groups in total. The van der Waals surface area contributed by atoms with Gasteiger partial charge in [0.05, 0.1) is 0 Å². The number of likely N-dealkylation sites (tertiary alicyclic amines) is 1. The molecule has 2 unspecified atom stereocenters. The van der Waals surface area contributed by atoms with Crippen LogP contribution in [0.2, 0.25) is 0 Å². The zero-order valence-electron chi connectivity index (χ0n) is 15.0. The van der Waals surface area contributed by atoms with E-state index in [1.807, 2.05) is 26.8 Å². The predicted octanol–water partition coefficient (Wildman–Crippen LogP) is 4.08. The van der Waals surface area contributed by atoms with Crippen LogP contribution in [-0.2, 0) is 16.0 Å². The first-order valence-corrected chi connectivity index (χ1v) is 8.84. The van der Waals surface area contributed by atoms with E-state index in [1.165, 1.54) is 5.56 Å². The van der Waals surface area contributed by atoms with Crippen LogP contribution in [0.25, 0.3) is 0 Å². The van der Waals surface area contributed by atoms with Gasteiger partial charge in [-0.15, -0.1) is 0 Å². The van der Waals surface area contributed by atoms with E-state index in [-0.39, 0.29) is 12.0 Å². The lowest BCUT2D eigenvalue weighted by molar-refractivity contribution is -0.112. The number of benzene rings is 1. The molecule has 1 fully saturated rings. The zero-order chi connectivity index (χ0) is 17.6. The summed E-state index contributed by atoms with van der Waals surface area (Å²) in [4.78, 5) is 25.5.